The summed E-state index contributed by atoms with van der Waals surface area (Å²) in [6.45, 7) is 8.01. The summed E-state index contributed by atoms with van der Waals surface area (Å²) in [5.41, 5.74) is 2.89. The first-order chi connectivity index (χ1) is 9.31. The Balaban J connectivity index is 1.92. The number of benzene rings is 1. The number of hydrogen-bond donors (Lipinski definition) is 1. The molecule has 1 saturated heterocycles. The molecule has 1 aromatic carbocycles. The third-order valence-electron chi connectivity index (χ3n) is 4.07. The molecule has 2 rings (SSSR count). The first-order valence-electron chi connectivity index (χ1n) is 7.87. The number of anilines is 1. The van der Waals surface area contributed by atoms with Gasteiger partial charge in [0.15, 0.2) is 0 Å². The normalized spacial score (nSPS) is 16.8. The van der Waals surface area contributed by atoms with Crippen LogP contribution >= 0.6 is 0 Å². The van der Waals surface area contributed by atoms with E-state index in [-0.39, 0.29) is 0 Å². The van der Waals surface area contributed by atoms with Gasteiger partial charge in [0.2, 0.25) is 0 Å². The van der Waals surface area contributed by atoms with Crippen molar-refractivity contribution in [2.75, 3.05) is 18.0 Å². The van der Waals surface area contributed by atoms with Gasteiger partial charge in [-0.25, -0.2) is 0 Å². The highest BCUT2D eigenvalue weighted by atomic mass is 15.1. The fraction of sp³-hybridized carbons (Fsp3) is 0.647. The van der Waals surface area contributed by atoms with Crippen LogP contribution in [0.1, 0.15) is 51.5 Å². The topological polar surface area (TPSA) is 15.3 Å². The first-order valence-corrected chi connectivity index (χ1v) is 7.87. The van der Waals surface area contributed by atoms with E-state index < -0.39 is 0 Å². The Morgan fingerprint density at radius 2 is 1.95 bits per heavy atom. The molecule has 0 spiro atoms. The van der Waals surface area contributed by atoms with Crippen LogP contribution in [0.2, 0.25) is 0 Å². The second kappa shape index (κ2) is 7.54. The van der Waals surface area contributed by atoms with Crippen LogP contribution in [0.4, 0.5) is 5.69 Å². The van der Waals surface area contributed by atoms with E-state index in [9.17, 15) is 0 Å². The van der Waals surface area contributed by atoms with Gasteiger partial charge in [0.05, 0.1) is 0 Å². The number of hydrogen-bond acceptors (Lipinski definition) is 2. The van der Waals surface area contributed by atoms with Crippen molar-refractivity contribution in [1.29, 1.82) is 0 Å². The molecule has 0 amide bonds. The molecule has 2 nitrogen and oxygen atoms in total. The van der Waals surface area contributed by atoms with Crippen molar-refractivity contribution in [2.45, 2.75) is 58.5 Å². The van der Waals surface area contributed by atoms with Crippen molar-refractivity contribution in [3.05, 3.63) is 29.8 Å². The largest absolute Gasteiger partial charge is 0.371 e. The number of unbranched alkanes of at least 4 members (excludes halogenated alkanes) is 1. The van der Waals surface area contributed by atoms with Crippen LogP contribution in [0, 0.1) is 0 Å². The predicted octanol–water partition coefficient (Wildman–Crippen LogP) is 3.96. The molecule has 1 unspecified atom stereocenters. The van der Waals surface area contributed by atoms with Gasteiger partial charge in [-0.1, -0.05) is 38.0 Å². The highest BCUT2D eigenvalue weighted by Gasteiger charge is 2.15. The van der Waals surface area contributed by atoms with Crippen molar-refractivity contribution < 1.29 is 0 Å². The minimum Gasteiger partial charge on any atom is -0.371 e. The zero-order valence-corrected chi connectivity index (χ0v) is 12.5. The lowest BCUT2D eigenvalue weighted by Gasteiger charge is -2.22. The minimum absolute atomic E-state index is 0.617. The fourth-order valence-electron chi connectivity index (χ4n) is 2.82. The standard InChI is InChI=1S/C17H28N2/c1-3-4-9-15(2)18-14-16-10-5-6-11-17(16)19-12-7-8-13-19/h5-6,10-11,15,18H,3-4,7-9,12-14H2,1-2H3. The minimum atomic E-state index is 0.617. The Morgan fingerprint density at radius 1 is 1.21 bits per heavy atom. The van der Waals surface area contributed by atoms with E-state index in [1.54, 1.807) is 0 Å². The van der Waals surface area contributed by atoms with Crippen LogP contribution in [0.3, 0.4) is 0 Å². The van der Waals surface area contributed by atoms with Crippen LogP contribution < -0.4 is 10.2 Å². The number of nitrogens with zero attached hydrogens (tertiary/aromatic N) is 1. The molecule has 0 saturated carbocycles. The Labute approximate surface area is 118 Å². The lowest BCUT2D eigenvalue weighted by Crippen LogP contribution is -2.27. The van der Waals surface area contributed by atoms with Gasteiger partial charge < -0.3 is 10.2 Å². The van der Waals surface area contributed by atoms with Crippen LogP contribution in [-0.4, -0.2) is 19.1 Å². The first kappa shape index (κ1) is 14.4. The Morgan fingerprint density at radius 3 is 2.68 bits per heavy atom. The van der Waals surface area contributed by atoms with E-state index in [4.69, 9.17) is 0 Å². The molecule has 1 N–H and O–H groups in total. The molecule has 0 bridgehead atoms. The molecule has 1 aromatic rings. The molecule has 1 aliphatic heterocycles. The summed E-state index contributed by atoms with van der Waals surface area (Å²) in [5, 5.41) is 3.67. The second-order valence-corrected chi connectivity index (χ2v) is 5.75. The lowest BCUT2D eigenvalue weighted by molar-refractivity contribution is 0.495. The van der Waals surface area contributed by atoms with E-state index >= 15 is 0 Å². The summed E-state index contributed by atoms with van der Waals surface area (Å²) < 4.78 is 0. The van der Waals surface area contributed by atoms with Crippen molar-refractivity contribution in [1.82, 2.24) is 5.32 Å². The van der Waals surface area contributed by atoms with Crippen molar-refractivity contribution in [3.63, 3.8) is 0 Å². The quantitative estimate of drug-likeness (QED) is 0.798. The predicted molar refractivity (Wildman–Crippen MR) is 83.7 cm³/mol. The number of rotatable bonds is 7. The van der Waals surface area contributed by atoms with Gasteiger partial charge >= 0.3 is 0 Å². The summed E-state index contributed by atoms with van der Waals surface area (Å²) in [4.78, 5) is 2.54. The van der Waals surface area contributed by atoms with E-state index in [0.29, 0.717) is 6.04 Å². The second-order valence-electron chi connectivity index (χ2n) is 5.75. The molecule has 1 heterocycles. The molecule has 106 valence electrons. The molecule has 0 aliphatic carbocycles. The summed E-state index contributed by atoms with van der Waals surface area (Å²) in [5.74, 6) is 0. The molecular weight excluding hydrogens is 232 g/mol. The molecule has 2 heteroatoms. The van der Waals surface area contributed by atoms with Crippen LogP contribution in [0.25, 0.3) is 0 Å². The average molecular weight is 260 g/mol. The Hall–Kier alpha value is -1.02. The van der Waals surface area contributed by atoms with E-state index in [0.717, 1.165) is 6.54 Å². The third-order valence-corrected chi connectivity index (χ3v) is 4.07. The van der Waals surface area contributed by atoms with Crippen LogP contribution in [0.5, 0.6) is 0 Å². The zero-order chi connectivity index (χ0) is 13.5. The van der Waals surface area contributed by atoms with Gasteiger partial charge in [-0.05, 0) is 37.8 Å². The lowest BCUT2D eigenvalue weighted by atomic mass is 10.1. The highest BCUT2D eigenvalue weighted by Crippen LogP contribution is 2.24. The highest BCUT2D eigenvalue weighted by molar-refractivity contribution is 5.54. The summed E-state index contributed by atoms with van der Waals surface area (Å²) in [6, 6.07) is 9.49. The fourth-order valence-corrected chi connectivity index (χ4v) is 2.82. The molecule has 1 aliphatic rings. The number of nitrogens with one attached hydrogen (secondary N) is 1. The summed E-state index contributed by atoms with van der Waals surface area (Å²) in [6.07, 6.45) is 6.57. The van der Waals surface area contributed by atoms with Crippen molar-refractivity contribution in [3.8, 4) is 0 Å². The van der Waals surface area contributed by atoms with Gasteiger partial charge in [-0.15, -0.1) is 0 Å². The van der Waals surface area contributed by atoms with Crippen molar-refractivity contribution >= 4 is 5.69 Å². The van der Waals surface area contributed by atoms with E-state index in [1.165, 1.54) is 56.4 Å². The van der Waals surface area contributed by atoms with Gasteiger partial charge in [0.1, 0.15) is 0 Å². The zero-order valence-electron chi connectivity index (χ0n) is 12.5. The maximum atomic E-state index is 3.67. The van der Waals surface area contributed by atoms with Gasteiger partial charge in [0.25, 0.3) is 0 Å². The smallest absolute Gasteiger partial charge is 0.0411 e. The Kier molecular flexibility index (Phi) is 5.71. The van der Waals surface area contributed by atoms with Gasteiger partial charge in [-0.2, -0.15) is 0 Å². The van der Waals surface area contributed by atoms with E-state index in [1.807, 2.05) is 0 Å². The summed E-state index contributed by atoms with van der Waals surface area (Å²) in [7, 11) is 0. The van der Waals surface area contributed by atoms with Crippen LogP contribution in [0.15, 0.2) is 24.3 Å². The third kappa shape index (κ3) is 4.24. The Bertz CT molecular complexity index is 369. The molecule has 1 atom stereocenters. The SMILES string of the molecule is CCCCC(C)NCc1ccccc1N1CCCC1. The molecule has 0 aromatic heterocycles. The van der Waals surface area contributed by atoms with Crippen LogP contribution in [-0.2, 0) is 6.54 Å². The maximum Gasteiger partial charge on any atom is 0.0411 e. The van der Waals surface area contributed by atoms with E-state index in [2.05, 4.69) is 48.3 Å². The van der Waals surface area contributed by atoms with Gasteiger partial charge in [0, 0.05) is 31.4 Å². The summed E-state index contributed by atoms with van der Waals surface area (Å²) >= 11 is 0. The van der Waals surface area contributed by atoms with Gasteiger partial charge in [-0.3, -0.25) is 0 Å². The monoisotopic (exact) mass is 260 g/mol. The maximum absolute atomic E-state index is 3.67. The molecule has 1 fully saturated rings. The van der Waals surface area contributed by atoms with Crippen molar-refractivity contribution in [2.24, 2.45) is 0 Å². The molecule has 0 radical (unpaired) electrons. The number of para-hydroxylation sites is 1. The molecule has 19 heavy (non-hydrogen) atoms. The average Bonchev–Trinajstić information content (AvgIpc) is 2.97. The molecular formula is C17H28N2.